The molecule has 0 saturated carbocycles. The number of aromatic hydroxyl groups is 1. The minimum atomic E-state index is -0.505. The monoisotopic (exact) mass is 344 g/mol. The SMILES string of the molecule is CC1Cc2ccccc2N(C(=O)CC(N)c2ccc(O)cc2Cl)C1. The third-order valence-electron chi connectivity index (χ3n) is 4.42. The second-order valence-corrected chi connectivity index (χ2v) is 6.87. The minimum absolute atomic E-state index is 0.00867. The highest BCUT2D eigenvalue weighted by atomic mass is 35.5. The van der Waals surface area contributed by atoms with E-state index in [0.29, 0.717) is 23.0 Å². The van der Waals surface area contributed by atoms with Crippen LogP contribution in [0.4, 0.5) is 5.69 Å². The first kappa shape index (κ1) is 16.8. The standard InChI is InChI=1S/C19H21ClN2O2/c1-12-8-13-4-2-3-5-18(13)22(11-12)19(24)10-17(21)15-7-6-14(23)9-16(15)20/h2-7,9,12,17,23H,8,10-11,21H2,1H3. The van der Waals surface area contributed by atoms with Crippen molar-refractivity contribution in [2.24, 2.45) is 11.7 Å². The molecule has 5 heteroatoms. The van der Waals surface area contributed by atoms with E-state index in [2.05, 4.69) is 13.0 Å². The maximum Gasteiger partial charge on any atom is 0.228 e. The van der Waals surface area contributed by atoms with E-state index in [4.69, 9.17) is 17.3 Å². The highest BCUT2D eigenvalue weighted by Gasteiger charge is 2.27. The van der Waals surface area contributed by atoms with Crippen molar-refractivity contribution in [3.8, 4) is 5.75 Å². The Kier molecular flexibility index (Phi) is 4.78. The molecule has 3 rings (SSSR count). The number of phenols is 1. The highest BCUT2D eigenvalue weighted by Crippen LogP contribution is 2.32. The molecule has 1 heterocycles. The van der Waals surface area contributed by atoms with Crippen LogP contribution in [0.3, 0.4) is 0 Å². The van der Waals surface area contributed by atoms with Crippen molar-refractivity contribution in [3.63, 3.8) is 0 Å². The quantitative estimate of drug-likeness (QED) is 0.892. The molecule has 0 spiro atoms. The Morgan fingerprint density at radius 3 is 2.88 bits per heavy atom. The molecule has 0 aliphatic carbocycles. The van der Waals surface area contributed by atoms with Crippen molar-refractivity contribution in [3.05, 3.63) is 58.6 Å². The van der Waals surface area contributed by atoms with Crippen LogP contribution in [-0.4, -0.2) is 17.6 Å². The van der Waals surface area contributed by atoms with Gasteiger partial charge >= 0.3 is 0 Å². The number of fused-ring (bicyclic) bond motifs is 1. The van der Waals surface area contributed by atoms with Gasteiger partial charge in [0.25, 0.3) is 0 Å². The first-order valence-electron chi connectivity index (χ1n) is 8.08. The number of para-hydroxylation sites is 1. The zero-order valence-corrected chi connectivity index (χ0v) is 14.3. The Bertz CT molecular complexity index is 763. The normalized spacial score (nSPS) is 18.1. The van der Waals surface area contributed by atoms with E-state index in [-0.39, 0.29) is 18.1 Å². The zero-order chi connectivity index (χ0) is 17.3. The average molecular weight is 345 g/mol. The van der Waals surface area contributed by atoms with Gasteiger partial charge in [-0.25, -0.2) is 0 Å². The maximum absolute atomic E-state index is 12.8. The smallest absolute Gasteiger partial charge is 0.228 e. The Morgan fingerprint density at radius 1 is 1.38 bits per heavy atom. The molecule has 1 amide bonds. The van der Waals surface area contributed by atoms with Crippen LogP contribution in [0, 0.1) is 5.92 Å². The minimum Gasteiger partial charge on any atom is -0.508 e. The van der Waals surface area contributed by atoms with Gasteiger partial charge in [-0.1, -0.05) is 42.8 Å². The molecule has 2 unspecified atom stereocenters. The molecule has 2 aromatic carbocycles. The van der Waals surface area contributed by atoms with Crippen LogP contribution < -0.4 is 10.6 Å². The number of nitrogens with two attached hydrogens (primary N) is 1. The van der Waals surface area contributed by atoms with Gasteiger partial charge in [-0.2, -0.15) is 0 Å². The summed E-state index contributed by atoms with van der Waals surface area (Å²) >= 11 is 6.13. The van der Waals surface area contributed by atoms with Gasteiger partial charge < -0.3 is 15.7 Å². The Labute approximate surface area is 146 Å². The van der Waals surface area contributed by atoms with Crippen molar-refractivity contribution < 1.29 is 9.90 Å². The molecule has 3 N–H and O–H groups in total. The molecule has 0 fully saturated rings. The maximum atomic E-state index is 12.8. The van der Waals surface area contributed by atoms with Crippen LogP contribution in [0.2, 0.25) is 5.02 Å². The number of nitrogens with zero attached hydrogens (tertiary/aromatic N) is 1. The first-order valence-corrected chi connectivity index (χ1v) is 8.45. The third kappa shape index (κ3) is 3.40. The fourth-order valence-corrected chi connectivity index (χ4v) is 3.57. The van der Waals surface area contributed by atoms with Crippen molar-refractivity contribution in [2.75, 3.05) is 11.4 Å². The molecule has 0 bridgehead atoms. The summed E-state index contributed by atoms with van der Waals surface area (Å²) < 4.78 is 0. The number of hydrogen-bond acceptors (Lipinski definition) is 3. The zero-order valence-electron chi connectivity index (χ0n) is 13.6. The molecular weight excluding hydrogens is 324 g/mol. The number of anilines is 1. The second-order valence-electron chi connectivity index (χ2n) is 6.46. The molecule has 0 radical (unpaired) electrons. The van der Waals surface area contributed by atoms with Crippen molar-refractivity contribution >= 4 is 23.2 Å². The summed E-state index contributed by atoms with van der Waals surface area (Å²) in [5.41, 5.74) is 9.03. The largest absolute Gasteiger partial charge is 0.508 e. The summed E-state index contributed by atoms with van der Waals surface area (Å²) in [5, 5.41) is 9.82. The Hall–Kier alpha value is -2.04. The Morgan fingerprint density at radius 2 is 2.12 bits per heavy atom. The molecule has 4 nitrogen and oxygen atoms in total. The number of hydrogen-bond donors (Lipinski definition) is 2. The van der Waals surface area contributed by atoms with E-state index in [9.17, 15) is 9.90 Å². The third-order valence-corrected chi connectivity index (χ3v) is 4.75. The van der Waals surface area contributed by atoms with Crippen LogP contribution in [0.5, 0.6) is 5.75 Å². The lowest BCUT2D eigenvalue weighted by Gasteiger charge is -2.34. The van der Waals surface area contributed by atoms with Gasteiger partial charge in [0.2, 0.25) is 5.91 Å². The van der Waals surface area contributed by atoms with E-state index in [1.165, 1.54) is 17.7 Å². The number of amides is 1. The lowest BCUT2D eigenvalue weighted by atomic mass is 9.93. The average Bonchev–Trinajstić information content (AvgIpc) is 2.53. The van der Waals surface area contributed by atoms with Gasteiger partial charge in [0, 0.05) is 29.7 Å². The van der Waals surface area contributed by atoms with Gasteiger partial charge in [0.1, 0.15) is 5.75 Å². The molecule has 2 atom stereocenters. The van der Waals surface area contributed by atoms with Crippen LogP contribution in [-0.2, 0) is 11.2 Å². The fraction of sp³-hybridized carbons (Fsp3) is 0.316. The van der Waals surface area contributed by atoms with Crippen LogP contribution >= 0.6 is 11.6 Å². The predicted octanol–water partition coefficient (Wildman–Crippen LogP) is 3.66. The lowest BCUT2D eigenvalue weighted by Crippen LogP contribution is -2.40. The van der Waals surface area contributed by atoms with Gasteiger partial charge in [-0.05, 0) is 41.7 Å². The number of carbonyl (C=O) groups excluding carboxylic acids is 1. The van der Waals surface area contributed by atoms with E-state index in [1.807, 2.05) is 23.1 Å². The first-order chi connectivity index (χ1) is 11.5. The molecule has 0 aromatic heterocycles. The number of benzene rings is 2. The summed E-state index contributed by atoms with van der Waals surface area (Å²) in [4.78, 5) is 14.7. The van der Waals surface area contributed by atoms with Crippen molar-refractivity contribution in [1.29, 1.82) is 0 Å². The van der Waals surface area contributed by atoms with Gasteiger partial charge in [0.05, 0.1) is 0 Å². The molecule has 0 saturated heterocycles. The van der Waals surface area contributed by atoms with Crippen LogP contribution in [0.25, 0.3) is 0 Å². The van der Waals surface area contributed by atoms with E-state index >= 15 is 0 Å². The molecule has 1 aliphatic rings. The van der Waals surface area contributed by atoms with E-state index < -0.39 is 6.04 Å². The second kappa shape index (κ2) is 6.83. The van der Waals surface area contributed by atoms with E-state index in [1.54, 1.807) is 6.07 Å². The molecular formula is C19H21ClN2O2. The van der Waals surface area contributed by atoms with Crippen molar-refractivity contribution in [1.82, 2.24) is 0 Å². The number of carbonyl (C=O) groups is 1. The number of rotatable bonds is 3. The van der Waals surface area contributed by atoms with Gasteiger partial charge in [-0.3, -0.25) is 4.79 Å². The molecule has 1 aliphatic heterocycles. The fourth-order valence-electron chi connectivity index (χ4n) is 3.26. The molecule has 126 valence electrons. The lowest BCUT2D eigenvalue weighted by molar-refractivity contribution is -0.119. The van der Waals surface area contributed by atoms with Gasteiger partial charge in [-0.15, -0.1) is 0 Å². The number of halogens is 1. The summed E-state index contributed by atoms with van der Waals surface area (Å²) in [6, 6.07) is 12.1. The summed E-state index contributed by atoms with van der Waals surface area (Å²) in [5.74, 6) is 0.490. The molecule has 2 aromatic rings. The van der Waals surface area contributed by atoms with E-state index in [0.717, 1.165) is 12.1 Å². The Balaban J connectivity index is 1.80. The summed E-state index contributed by atoms with van der Waals surface area (Å²) in [7, 11) is 0. The van der Waals surface area contributed by atoms with Crippen LogP contribution in [0.1, 0.15) is 30.5 Å². The van der Waals surface area contributed by atoms with Gasteiger partial charge in [0.15, 0.2) is 0 Å². The van der Waals surface area contributed by atoms with Crippen molar-refractivity contribution in [2.45, 2.75) is 25.8 Å². The van der Waals surface area contributed by atoms with Crippen LogP contribution in [0.15, 0.2) is 42.5 Å². The predicted molar refractivity (Wildman–Crippen MR) is 96.3 cm³/mol. The summed E-state index contributed by atoms with van der Waals surface area (Å²) in [6.07, 6.45) is 1.15. The highest BCUT2D eigenvalue weighted by molar-refractivity contribution is 6.31. The topological polar surface area (TPSA) is 66.6 Å². The molecule has 24 heavy (non-hydrogen) atoms. The summed E-state index contributed by atoms with van der Waals surface area (Å²) in [6.45, 7) is 2.85. The number of phenolic OH excluding ortho intramolecular Hbond substituents is 1.